The SMILES string of the molecule is CCCCCCCCCNc1c(C)cc(Br)cc1C. The van der Waals surface area contributed by atoms with Crippen molar-refractivity contribution in [3.8, 4) is 0 Å². The van der Waals surface area contributed by atoms with Crippen LogP contribution in [0, 0.1) is 13.8 Å². The van der Waals surface area contributed by atoms with Crippen LogP contribution in [0.1, 0.15) is 63.0 Å². The first kappa shape index (κ1) is 16.6. The highest BCUT2D eigenvalue weighted by Crippen LogP contribution is 2.25. The van der Waals surface area contributed by atoms with Crippen LogP contribution in [0.5, 0.6) is 0 Å². The zero-order valence-electron chi connectivity index (χ0n) is 12.7. The summed E-state index contributed by atoms with van der Waals surface area (Å²) < 4.78 is 1.17. The van der Waals surface area contributed by atoms with E-state index in [0.29, 0.717) is 0 Å². The van der Waals surface area contributed by atoms with Crippen molar-refractivity contribution >= 4 is 21.6 Å². The van der Waals surface area contributed by atoms with Crippen molar-refractivity contribution in [2.75, 3.05) is 11.9 Å². The maximum absolute atomic E-state index is 3.59. The molecule has 0 radical (unpaired) electrons. The van der Waals surface area contributed by atoms with Crippen LogP contribution in [0.15, 0.2) is 16.6 Å². The van der Waals surface area contributed by atoms with Gasteiger partial charge in [0.2, 0.25) is 0 Å². The fraction of sp³-hybridized carbons (Fsp3) is 0.647. The molecule has 0 saturated heterocycles. The number of anilines is 1. The number of nitrogens with one attached hydrogen (secondary N) is 1. The van der Waals surface area contributed by atoms with Gasteiger partial charge in [-0.15, -0.1) is 0 Å². The number of halogens is 1. The summed E-state index contributed by atoms with van der Waals surface area (Å²) in [4.78, 5) is 0. The third-order valence-corrected chi connectivity index (χ3v) is 4.04. The second kappa shape index (κ2) is 9.41. The van der Waals surface area contributed by atoms with Crippen LogP contribution < -0.4 is 5.32 Å². The van der Waals surface area contributed by atoms with Crippen molar-refractivity contribution in [3.05, 3.63) is 27.7 Å². The number of rotatable bonds is 9. The molecule has 0 bridgehead atoms. The molecule has 0 spiro atoms. The lowest BCUT2D eigenvalue weighted by molar-refractivity contribution is 0.596. The van der Waals surface area contributed by atoms with Gasteiger partial charge >= 0.3 is 0 Å². The molecule has 1 aromatic rings. The predicted molar refractivity (Wildman–Crippen MR) is 90.1 cm³/mol. The maximum Gasteiger partial charge on any atom is 0.0400 e. The molecule has 1 nitrogen and oxygen atoms in total. The monoisotopic (exact) mass is 325 g/mol. The Labute approximate surface area is 127 Å². The van der Waals surface area contributed by atoms with Crippen LogP contribution in [0.25, 0.3) is 0 Å². The molecule has 0 aliphatic heterocycles. The summed E-state index contributed by atoms with van der Waals surface area (Å²) in [6.07, 6.45) is 9.57. The summed E-state index contributed by atoms with van der Waals surface area (Å²) >= 11 is 3.54. The Bertz CT molecular complexity index is 351. The van der Waals surface area contributed by atoms with Gasteiger partial charge in [-0.2, -0.15) is 0 Å². The summed E-state index contributed by atoms with van der Waals surface area (Å²) in [5, 5.41) is 3.59. The Morgan fingerprint density at radius 1 is 0.895 bits per heavy atom. The molecule has 0 saturated carbocycles. The van der Waals surface area contributed by atoms with Gasteiger partial charge in [0.05, 0.1) is 0 Å². The molecule has 19 heavy (non-hydrogen) atoms. The normalized spacial score (nSPS) is 10.7. The number of hydrogen-bond donors (Lipinski definition) is 1. The van der Waals surface area contributed by atoms with Gasteiger partial charge in [0.25, 0.3) is 0 Å². The van der Waals surface area contributed by atoms with Gasteiger partial charge in [-0.1, -0.05) is 61.4 Å². The topological polar surface area (TPSA) is 12.0 Å². The highest BCUT2D eigenvalue weighted by Gasteiger charge is 2.03. The fourth-order valence-electron chi connectivity index (χ4n) is 2.49. The van der Waals surface area contributed by atoms with Gasteiger partial charge in [-0.05, 0) is 43.5 Å². The number of hydrogen-bond acceptors (Lipinski definition) is 1. The number of unbranched alkanes of at least 4 members (excludes halogenated alkanes) is 6. The van der Waals surface area contributed by atoms with E-state index in [4.69, 9.17) is 0 Å². The van der Waals surface area contributed by atoms with Gasteiger partial charge in [0.15, 0.2) is 0 Å². The molecule has 0 fully saturated rings. The highest BCUT2D eigenvalue weighted by molar-refractivity contribution is 9.10. The van der Waals surface area contributed by atoms with Crippen LogP contribution in [-0.4, -0.2) is 6.54 Å². The van der Waals surface area contributed by atoms with Gasteiger partial charge in [-0.3, -0.25) is 0 Å². The minimum atomic E-state index is 1.09. The molecular weight excluding hydrogens is 298 g/mol. The molecule has 0 heterocycles. The Hall–Kier alpha value is -0.500. The van der Waals surface area contributed by atoms with Crippen LogP contribution >= 0.6 is 15.9 Å². The summed E-state index contributed by atoms with van der Waals surface area (Å²) in [7, 11) is 0. The molecule has 0 unspecified atom stereocenters. The highest BCUT2D eigenvalue weighted by atomic mass is 79.9. The van der Waals surface area contributed by atoms with E-state index in [1.54, 1.807) is 0 Å². The molecule has 0 aliphatic rings. The Morgan fingerprint density at radius 3 is 2.00 bits per heavy atom. The lowest BCUT2D eigenvalue weighted by Gasteiger charge is -2.13. The van der Waals surface area contributed by atoms with Crippen LogP contribution in [0.4, 0.5) is 5.69 Å². The van der Waals surface area contributed by atoms with E-state index in [9.17, 15) is 0 Å². The van der Waals surface area contributed by atoms with E-state index in [2.05, 4.69) is 54.2 Å². The van der Waals surface area contributed by atoms with Crippen molar-refractivity contribution in [2.45, 2.75) is 65.7 Å². The van der Waals surface area contributed by atoms with Crippen LogP contribution in [-0.2, 0) is 0 Å². The van der Waals surface area contributed by atoms with E-state index in [1.807, 2.05) is 0 Å². The summed E-state index contributed by atoms with van der Waals surface area (Å²) in [6, 6.07) is 4.36. The third-order valence-electron chi connectivity index (χ3n) is 3.58. The lowest BCUT2D eigenvalue weighted by Crippen LogP contribution is -2.04. The Kier molecular flexibility index (Phi) is 8.20. The van der Waals surface area contributed by atoms with Crippen LogP contribution in [0.2, 0.25) is 0 Å². The van der Waals surface area contributed by atoms with E-state index in [-0.39, 0.29) is 0 Å². The molecule has 108 valence electrons. The van der Waals surface area contributed by atoms with Gasteiger partial charge < -0.3 is 5.32 Å². The summed E-state index contributed by atoms with van der Waals surface area (Å²) in [6.45, 7) is 7.71. The molecule has 2 heteroatoms. The van der Waals surface area contributed by atoms with Gasteiger partial charge in [0.1, 0.15) is 0 Å². The first-order valence-corrected chi connectivity index (χ1v) is 8.45. The van der Waals surface area contributed by atoms with Crippen LogP contribution in [0.3, 0.4) is 0 Å². The minimum absolute atomic E-state index is 1.09. The van der Waals surface area contributed by atoms with Gasteiger partial charge in [0, 0.05) is 16.7 Å². The number of benzene rings is 1. The molecule has 1 aromatic carbocycles. The van der Waals surface area contributed by atoms with E-state index in [1.165, 1.54) is 66.2 Å². The Balaban J connectivity index is 2.19. The molecular formula is C17H28BrN. The average Bonchev–Trinajstić information content (AvgIpc) is 2.35. The van der Waals surface area contributed by atoms with Crippen molar-refractivity contribution < 1.29 is 0 Å². The standard InChI is InChI=1S/C17H28BrN/c1-4-5-6-7-8-9-10-11-19-17-14(2)12-16(18)13-15(17)3/h12-13,19H,4-11H2,1-3H3. The quantitative estimate of drug-likeness (QED) is 0.531. The second-order valence-corrected chi connectivity index (χ2v) is 6.38. The molecule has 1 rings (SSSR count). The van der Waals surface area contributed by atoms with Crippen molar-refractivity contribution in [1.82, 2.24) is 0 Å². The third kappa shape index (κ3) is 6.47. The molecule has 0 aromatic heterocycles. The first-order chi connectivity index (χ1) is 9.15. The predicted octanol–water partition coefficient (Wildman–Crippen LogP) is 6.23. The average molecular weight is 326 g/mol. The van der Waals surface area contributed by atoms with E-state index >= 15 is 0 Å². The smallest absolute Gasteiger partial charge is 0.0400 e. The zero-order valence-corrected chi connectivity index (χ0v) is 14.3. The van der Waals surface area contributed by atoms with Crippen molar-refractivity contribution in [2.24, 2.45) is 0 Å². The largest absolute Gasteiger partial charge is 0.385 e. The second-order valence-electron chi connectivity index (χ2n) is 5.46. The zero-order chi connectivity index (χ0) is 14.1. The summed E-state index contributed by atoms with van der Waals surface area (Å²) in [5.74, 6) is 0. The lowest BCUT2D eigenvalue weighted by atomic mass is 10.1. The van der Waals surface area contributed by atoms with Crippen molar-refractivity contribution in [1.29, 1.82) is 0 Å². The minimum Gasteiger partial charge on any atom is -0.385 e. The maximum atomic E-state index is 3.59. The molecule has 0 aliphatic carbocycles. The van der Waals surface area contributed by atoms with E-state index in [0.717, 1.165) is 6.54 Å². The van der Waals surface area contributed by atoms with E-state index < -0.39 is 0 Å². The first-order valence-electron chi connectivity index (χ1n) is 7.65. The summed E-state index contributed by atoms with van der Waals surface area (Å²) in [5.41, 5.74) is 3.97. The molecule has 0 amide bonds. The fourth-order valence-corrected chi connectivity index (χ4v) is 3.17. The molecule has 1 N–H and O–H groups in total. The van der Waals surface area contributed by atoms with Gasteiger partial charge in [-0.25, -0.2) is 0 Å². The Morgan fingerprint density at radius 2 is 1.42 bits per heavy atom. The van der Waals surface area contributed by atoms with Crippen molar-refractivity contribution in [3.63, 3.8) is 0 Å². The number of aryl methyl sites for hydroxylation is 2. The molecule has 0 atom stereocenters.